The fourth-order valence-electron chi connectivity index (χ4n) is 2.53. The summed E-state index contributed by atoms with van der Waals surface area (Å²) < 4.78 is 0. The molecule has 0 radical (unpaired) electrons. The van der Waals surface area contributed by atoms with Crippen LogP contribution in [0, 0.1) is 5.92 Å². The van der Waals surface area contributed by atoms with E-state index in [1.165, 1.54) is 0 Å². The summed E-state index contributed by atoms with van der Waals surface area (Å²) in [4.78, 5) is 52.3. The lowest BCUT2D eigenvalue weighted by molar-refractivity contribution is -0.144. The number of aliphatic carboxylic acids is 1. The quantitative estimate of drug-likeness (QED) is 0.0501. The molecule has 0 rings (SSSR count). The second kappa shape index (κ2) is 15.3. The highest BCUT2D eigenvalue weighted by Gasteiger charge is 2.31. The van der Waals surface area contributed by atoms with Crippen molar-refractivity contribution in [2.75, 3.05) is 18.9 Å². The summed E-state index contributed by atoms with van der Waals surface area (Å²) in [6.45, 7) is 2.94. The van der Waals surface area contributed by atoms with Crippen molar-refractivity contribution in [2.45, 2.75) is 57.3 Å². The van der Waals surface area contributed by atoms with Crippen molar-refractivity contribution in [3.8, 4) is 0 Å². The number of aliphatic imine (C=N–C) groups is 1. The Labute approximate surface area is 192 Å². The summed E-state index contributed by atoms with van der Waals surface area (Å²) in [6.07, 6.45) is 1.20. The molecule has 0 heterocycles. The highest BCUT2D eigenvalue weighted by atomic mass is 32.1. The zero-order valence-corrected chi connectivity index (χ0v) is 19.2. The van der Waals surface area contributed by atoms with E-state index in [4.69, 9.17) is 17.2 Å². The molecule has 0 bridgehead atoms. The van der Waals surface area contributed by atoms with E-state index in [1.807, 2.05) is 0 Å². The minimum Gasteiger partial charge on any atom is -0.480 e. The van der Waals surface area contributed by atoms with Crippen molar-refractivity contribution >= 4 is 42.3 Å². The van der Waals surface area contributed by atoms with Crippen LogP contribution in [0.15, 0.2) is 4.99 Å². The first kappa shape index (κ1) is 29.4. The fraction of sp³-hybridized carbons (Fsp3) is 0.722. The van der Waals surface area contributed by atoms with Gasteiger partial charge in [-0.25, -0.2) is 4.79 Å². The van der Waals surface area contributed by atoms with Crippen LogP contribution >= 0.6 is 12.6 Å². The number of guanidine groups is 1. The number of hydrogen-bond acceptors (Lipinski definition) is 8. The molecule has 5 atom stereocenters. The monoisotopic (exact) mass is 477 g/mol. The van der Waals surface area contributed by atoms with Crippen LogP contribution in [0.4, 0.5) is 0 Å². The van der Waals surface area contributed by atoms with Gasteiger partial charge in [-0.2, -0.15) is 12.6 Å². The lowest BCUT2D eigenvalue weighted by atomic mass is 9.99. The largest absolute Gasteiger partial charge is 0.480 e. The van der Waals surface area contributed by atoms with E-state index in [0.717, 1.165) is 0 Å². The molecule has 0 aromatic heterocycles. The van der Waals surface area contributed by atoms with Crippen molar-refractivity contribution in [1.82, 2.24) is 16.0 Å². The minimum absolute atomic E-state index is 0.0730. The van der Waals surface area contributed by atoms with Crippen LogP contribution in [0.3, 0.4) is 0 Å². The number of thiol groups is 1. The van der Waals surface area contributed by atoms with Gasteiger partial charge in [0.05, 0.1) is 12.6 Å². The molecule has 3 amide bonds. The SMILES string of the molecule is CCC(C)C(NC(=O)C(CO)NC(=O)C(CS)NC(=O)C(N)CCCN=C(N)N)C(=O)O. The number of nitrogens with two attached hydrogens (primary N) is 3. The molecule has 0 fully saturated rings. The van der Waals surface area contributed by atoms with Crippen molar-refractivity contribution in [3.05, 3.63) is 0 Å². The summed E-state index contributed by atoms with van der Waals surface area (Å²) in [6, 6.07) is -4.67. The molecular weight excluding hydrogens is 442 g/mol. The molecule has 0 spiro atoms. The maximum Gasteiger partial charge on any atom is 0.326 e. The molecule has 0 aliphatic carbocycles. The highest BCUT2D eigenvalue weighted by molar-refractivity contribution is 7.80. The van der Waals surface area contributed by atoms with Gasteiger partial charge in [-0.1, -0.05) is 20.3 Å². The molecule has 5 unspecified atom stereocenters. The summed E-state index contributed by atoms with van der Waals surface area (Å²) >= 11 is 4.03. The number of aliphatic hydroxyl groups excluding tert-OH is 1. The van der Waals surface area contributed by atoms with Crippen LogP contribution in [-0.2, 0) is 19.2 Å². The van der Waals surface area contributed by atoms with Gasteiger partial charge in [0.25, 0.3) is 0 Å². The van der Waals surface area contributed by atoms with Crippen LogP contribution in [0.25, 0.3) is 0 Å². The number of carboxylic acid groups (broad SMARTS) is 1. The van der Waals surface area contributed by atoms with Crippen molar-refractivity contribution in [3.63, 3.8) is 0 Å². The number of hydrogen-bond donors (Lipinski definition) is 9. The van der Waals surface area contributed by atoms with Gasteiger partial charge in [-0.05, 0) is 18.8 Å². The van der Waals surface area contributed by atoms with E-state index in [-0.39, 0.29) is 24.1 Å². The molecule has 0 saturated heterocycles. The van der Waals surface area contributed by atoms with Crippen LogP contribution in [-0.4, -0.2) is 82.9 Å². The maximum absolute atomic E-state index is 12.5. The number of rotatable bonds is 15. The smallest absolute Gasteiger partial charge is 0.326 e. The van der Waals surface area contributed by atoms with Crippen LogP contribution in [0.5, 0.6) is 0 Å². The van der Waals surface area contributed by atoms with Crippen LogP contribution < -0.4 is 33.2 Å². The molecule has 13 nitrogen and oxygen atoms in total. The highest BCUT2D eigenvalue weighted by Crippen LogP contribution is 2.08. The Hall–Kier alpha value is -2.58. The molecule has 184 valence electrons. The normalized spacial score (nSPS) is 15.4. The molecule has 0 aromatic carbocycles. The van der Waals surface area contributed by atoms with E-state index in [2.05, 4.69) is 33.6 Å². The minimum atomic E-state index is -1.42. The molecule has 0 aliphatic rings. The number of nitrogens with one attached hydrogen (secondary N) is 3. The van der Waals surface area contributed by atoms with Crippen LogP contribution in [0.1, 0.15) is 33.1 Å². The van der Waals surface area contributed by atoms with Gasteiger partial charge in [-0.3, -0.25) is 19.4 Å². The number of carbonyl (C=O) groups excluding carboxylic acids is 3. The third-order valence-corrected chi connectivity index (χ3v) is 5.08. The van der Waals surface area contributed by atoms with Gasteiger partial charge < -0.3 is 43.4 Å². The number of nitrogens with zero attached hydrogens (tertiary/aromatic N) is 1. The van der Waals surface area contributed by atoms with Crippen molar-refractivity contribution in [1.29, 1.82) is 0 Å². The maximum atomic E-state index is 12.5. The molecule has 0 saturated carbocycles. The van der Waals surface area contributed by atoms with Gasteiger partial charge in [0.1, 0.15) is 18.1 Å². The average molecular weight is 478 g/mol. The number of amides is 3. The second-order valence-corrected chi connectivity index (χ2v) is 7.62. The molecule has 32 heavy (non-hydrogen) atoms. The predicted octanol–water partition coefficient (Wildman–Crippen LogP) is -3.13. The summed E-state index contributed by atoms with van der Waals surface area (Å²) in [5.41, 5.74) is 16.2. The third-order valence-electron chi connectivity index (χ3n) is 4.71. The average Bonchev–Trinajstić information content (AvgIpc) is 2.75. The first-order valence-electron chi connectivity index (χ1n) is 10.1. The van der Waals surface area contributed by atoms with Gasteiger partial charge in [-0.15, -0.1) is 0 Å². The van der Waals surface area contributed by atoms with E-state index in [9.17, 15) is 29.4 Å². The van der Waals surface area contributed by atoms with Gasteiger partial charge in [0.2, 0.25) is 17.7 Å². The molecule has 0 aromatic rings. The Morgan fingerprint density at radius 3 is 2.06 bits per heavy atom. The molecule has 0 aliphatic heterocycles. The summed E-state index contributed by atoms with van der Waals surface area (Å²) in [5.74, 6) is -4.05. The standard InChI is InChI=1S/C18H35N7O6S/c1-3-9(2)13(17(30)31)25-15(28)11(7-26)23-16(29)12(8-32)24-14(27)10(19)5-4-6-22-18(20)21/h9-13,26,32H,3-8,19H2,1-2H3,(H,23,29)(H,24,27)(H,25,28)(H,30,31)(H4,20,21,22). The predicted molar refractivity (Wildman–Crippen MR) is 122 cm³/mol. The molecular formula is C18H35N7O6S. The third kappa shape index (κ3) is 10.6. The summed E-state index contributed by atoms with van der Waals surface area (Å²) in [5, 5.41) is 25.8. The zero-order chi connectivity index (χ0) is 24.8. The topological polar surface area (TPSA) is 235 Å². The van der Waals surface area contributed by atoms with Gasteiger partial charge in [0.15, 0.2) is 5.96 Å². The van der Waals surface area contributed by atoms with Crippen molar-refractivity contribution in [2.24, 2.45) is 28.1 Å². The van der Waals surface area contributed by atoms with Gasteiger partial charge in [0, 0.05) is 12.3 Å². The first-order chi connectivity index (χ1) is 15.0. The molecule has 11 N–H and O–H groups in total. The van der Waals surface area contributed by atoms with Gasteiger partial charge >= 0.3 is 5.97 Å². The van der Waals surface area contributed by atoms with E-state index in [0.29, 0.717) is 19.4 Å². The van der Waals surface area contributed by atoms with Crippen molar-refractivity contribution < 1.29 is 29.4 Å². The Morgan fingerprint density at radius 2 is 1.59 bits per heavy atom. The lowest BCUT2D eigenvalue weighted by Crippen LogP contribution is -2.59. The Bertz CT molecular complexity index is 674. The van der Waals surface area contributed by atoms with E-state index >= 15 is 0 Å². The fourth-order valence-corrected chi connectivity index (χ4v) is 2.78. The first-order valence-corrected chi connectivity index (χ1v) is 10.8. The van der Waals surface area contributed by atoms with E-state index in [1.54, 1.807) is 13.8 Å². The van der Waals surface area contributed by atoms with Crippen LogP contribution in [0.2, 0.25) is 0 Å². The second-order valence-electron chi connectivity index (χ2n) is 7.25. The lowest BCUT2D eigenvalue weighted by Gasteiger charge is -2.25. The number of carboxylic acids is 1. The molecule has 14 heteroatoms. The number of carbonyl (C=O) groups is 4. The van der Waals surface area contributed by atoms with E-state index < -0.39 is 54.5 Å². The number of aliphatic hydroxyl groups is 1. The Kier molecular flexibility index (Phi) is 14.0. The zero-order valence-electron chi connectivity index (χ0n) is 18.3. The Morgan fingerprint density at radius 1 is 1.03 bits per heavy atom. The Balaban J connectivity index is 4.92. The summed E-state index contributed by atoms with van der Waals surface area (Å²) in [7, 11) is 0.